The van der Waals surface area contributed by atoms with Gasteiger partial charge in [-0.25, -0.2) is 14.7 Å². The van der Waals surface area contributed by atoms with Crippen LogP contribution in [0.3, 0.4) is 0 Å². The number of rotatable bonds is 4. The van der Waals surface area contributed by atoms with Crippen LogP contribution in [0.1, 0.15) is 12.6 Å². The SMILES string of the molecule is CCc1csc(N(C(N)=O)c2ccccc2OC)n1. The lowest BCUT2D eigenvalue weighted by Gasteiger charge is -2.19. The van der Waals surface area contributed by atoms with Crippen molar-refractivity contribution in [1.29, 1.82) is 0 Å². The number of para-hydroxylation sites is 2. The highest BCUT2D eigenvalue weighted by atomic mass is 32.1. The number of ether oxygens (including phenoxy) is 1. The monoisotopic (exact) mass is 277 g/mol. The summed E-state index contributed by atoms with van der Waals surface area (Å²) < 4.78 is 5.26. The van der Waals surface area contributed by atoms with Crippen LogP contribution in [-0.4, -0.2) is 18.1 Å². The average molecular weight is 277 g/mol. The number of carbonyl (C=O) groups is 1. The van der Waals surface area contributed by atoms with E-state index < -0.39 is 6.03 Å². The first-order valence-corrected chi connectivity index (χ1v) is 6.72. The van der Waals surface area contributed by atoms with Gasteiger partial charge in [0.05, 0.1) is 18.5 Å². The first-order valence-electron chi connectivity index (χ1n) is 5.84. The molecule has 2 N–H and O–H groups in total. The van der Waals surface area contributed by atoms with Crippen LogP contribution in [0.15, 0.2) is 29.6 Å². The Morgan fingerprint density at radius 1 is 1.47 bits per heavy atom. The summed E-state index contributed by atoms with van der Waals surface area (Å²) in [5.41, 5.74) is 7.00. The maximum atomic E-state index is 11.7. The Morgan fingerprint density at radius 3 is 2.79 bits per heavy atom. The van der Waals surface area contributed by atoms with Gasteiger partial charge in [-0.05, 0) is 18.6 Å². The Hall–Kier alpha value is -2.08. The molecule has 0 spiro atoms. The molecule has 2 amide bonds. The van der Waals surface area contributed by atoms with Crippen LogP contribution in [0.4, 0.5) is 15.6 Å². The third-order valence-electron chi connectivity index (χ3n) is 2.64. The Bertz CT molecular complexity index is 583. The summed E-state index contributed by atoms with van der Waals surface area (Å²) >= 11 is 1.38. The van der Waals surface area contributed by atoms with Crippen molar-refractivity contribution in [2.24, 2.45) is 5.73 Å². The molecule has 0 aliphatic carbocycles. The molecule has 0 aliphatic heterocycles. The van der Waals surface area contributed by atoms with Crippen molar-refractivity contribution in [1.82, 2.24) is 4.98 Å². The van der Waals surface area contributed by atoms with Crippen molar-refractivity contribution < 1.29 is 9.53 Å². The maximum Gasteiger partial charge on any atom is 0.325 e. The molecule has 0 saturated carbocycles. The lowest BCUT2D eigenvalue weighted by atomic mass is 10.3. The van der Waals surface area contributed by atoms with Crippen molar-refractivity contribution in [3.05, 3.63) is 35.3 Å². The lowest BCUT2D eigenvalue weighted by Crippen LogP contribution is -2.31. The van der Waals surface area contributed by atoms with E-state index in [4.69, 9.17) is 10.5 Å². The molecule has 0 atom stereocenters. The zero-order valence-electron chi connectivity index (χ0n) is 10.8. The van der Waals surface area contributed by atoms with Crippen LogP contribution in [0.5, 0.6) is 5.75 Å². The molecule has 100 valence electrons. The predicted octanol–water partition coefficient (Wildman–Crippen LogP) is 2.93. The topological polar surface area (TPSA) is 68.5 Å². The largest absolute Gasteiger partial charge is 0.495 e. The molecule has 0 unspecified atom stereocenters. The number of carbonyl (C=O) groups excluding carboxylic acids is 1. The molecule has 6 heteroatoms. The quantitative estimate of drug-likeness (QED) is 0.934. The molecular formula is C13H15N3O2S. The number of aryl methyl sites for hydroxylation is 1. The second-order valence-electron chi connectivity index (χ2n) is 3.82. The van der Waals surface area contributed by atoms with Gasteiger partial charge in [0.25, 0.3) is 0 Å². The van der Waals surface area contributed by atoms with E-state index >= 15 is 0 Å². The van der Waals surface area contributed by atoms with E-state index in [0.717, 1.165) is 12.1 Å². The fraction of sp³-hybridized carbons (Fsp3) is 0.231. The maximum absolute atomic E-state index is 11.7. The van der Waals surface area contributed by atoms with Crippen LogP contribution < -0.4 is 15.4 Å². The van der Waals surface area contributed by atoms with Crippen molar-refractivity contribution in [3.8, 4) is 5.75 Å². The Labute approximate surface area is 115 Å². The summed E-state index contributed by atoms with van der Waals surface area (Å²) in [7, 11) is 1.55. The number of methoxy groups -OCH3 is 1. The number of hydrogen-bond acceptors (Lipinski definition) is 4. The summed E-state index contributed by atoms with van der Waals surface area (Å²) in [6.07, 6.45) is 0.815. The molecule has 0 radical (unpaired) electrons. The zero-order chi connectivity index (χ0) is 13.8. The lowest BCUT2D eigenvalue weighted by molar-refractivity contribution is 0.256. The van der Waals surface area contributed by atoms with Crippen molar-refractivity contribution in [2.75, 3.05) is 12.0 Å². The van der Waals surface area contributed by atoms with E-state index in [1.54, 1.807) is 19.2 Å². The fourth-order valence-corrected chi connectivity index (χ4v) is 2.62. The number of urea groups is 1. The van der Waals surface area contributed by atoms with E-state index in [9.17, 15) is 4.79 Å². The van der Waals surface area contributed by atoms with Crippen molar-refractivity contribution in [3.63, 3.8) is 0 Å². The standard InChI is InChI=1S/C13H15N3O2S/c1-3-9-8-19-13(15-9)16(12(14)17)10-6-4-5-7-11(10)18-2/h4-8H,3H2,1-2H3,(H2,14,17). The van der Waals surface area contributed by atoms with E-state index in [2.05, 4.69) is 4.98 Å². The van der Waals surface area contributed by atoms with Gasteiger partial charge >= 0.3 is 6.03 Å². The number of nitrogens with two attached hydrogens (primary N) is 1. The molecule has 1 aromatic heterocycles. The molecular weight excluding hydrogens is 262 g/mol. The normalized spacial score (nSPS) is 10.2. The van der Waals surface area contributed by atoms with Crippen LogP contribution in [0, 0.1) is 0 Å². The minimum Gasteiger partial charge on any atom is -0.495 e. The second kappa shape index (κ2) is 5.71. The molecule has 2 aromatic rings. The number of aromatic nitrogens is 1. The minimum atomic E-state index is -0.582. The highest BCUT2D eigenvalue weighted by molar-refractivity contribution is 7.14. The third kappa shape index (κ3) is 2.68. The minimum absolute atomic E-state index is 0.550. The number of primary amides is 1. The molecule has 2 rings (SSSR count). The van der Waals surface area contributed by atoms with Gasteiger partial charge in [0.15, 0.2) is 5.13 Å². The van der Waals surface area contributed by atoms with Crippen LogP contribution in [0.2, 0.25) is 0 Å². The fourth-order valence-electron chi connectivity index (χ4n) is 1.69. The number of anilines is 2. The summed E-state index contributed by atoms with van der Waals surface area (Å²) in [5, 5.41) is 2.47. The molecule has 1 heterocycles. The Morgan fingerprint density at radius 2 is 2.21 bits per heavy atom. The summed E-state index contributed by atoms with van der Waals surface area (Å²) in [5.74, 6) is 0.578. The smallest absolute Gasteiger partial charge is 0.325 e. The first-order chi connectivity index (χ1) is 9.17. The third-order valence-corrected chi connectivity index (χ3v) is 3.51. The second-order valence-corrected chi connectivity index (χ2v) is 4.66. The van der Waals surface area contributed by atoms with Gasteiger partial charge in [-0.3, -0.25) is 0 Å². The molecule has 5 nitrogen and oxygen atoms in total. The molecule has 0 bridgehead atoms. The summed E-state index contributed by atoms with van der Waals surface area (Å²) in [6.45, 7) is 2.01. The summed E-state index contributed by atoms with van der Waals surface area (Å²) in [6, 6.07) is 6.63. The number of amides is 2. The highest BCUT2D eigenvalue weighted by Crippen LogP contribution is 2.34. The van der Waals surface area contributed by atoms with Crippen LogP contribution >= 0.6 is 11.3 Å². The first kappa shape index (κ1) is 13.4. The highest BCUT2D eigenvalue weighted by Gasteiger charge is 2.21. The average Bonchev–Trinajstić information content (AvgIpc) is 2.87. The van der Waals surface area contributed by atoms with Gasteiger partial charge in [0.1, 0.15) is 5.75 Å². The number of thiazole rings is 1. The number of nitrogens with zero attached hydrogens (tertiary/aromatic N) is 2. The van der Waals surface area contributed by atoms with Crippen molar-refractivity contribution in [2.45, 2.75) is 13.3 Å². The van der Waals surface area contributed by atoms with Gasteiger partial charge < -0.3 is 10.5 Å². The zero-order valence-corrected chi connectivity index (χ0v) is 11.6. The molecule has 0 aliphatic rings. The predicted molar refractivity (Wildman–Crippen MR) is 76.2 cm³/mol. The van der Waals surface area contributed by atoms with Gasteiger partial charge in [-0.2, -0.15) is 0 Å². The van der Waals surface area contributed by atoms with Gasteiger partial charge in [-0.15, -0.1) is 11.3 Å². The summed E-state index contributed by atoms with van der Waals surface area (Å²) in [4.78, 5) is 17.5. The van der Waals surface area contributed by atoms with Gasteiger partial charge in [0.2, 0.25) is 0 Å². The molecule has 0 saturated heterocycles. The molecule has 0 fully saturated rings. The molecule has 19 heavy (non-hydrogen) atoms. The number of hydrogen-bond donors (Lipinski definition) is 1. The number of benzene rings is 1. The van der Waals surface area contributed by atoms with E-state index in [1.807, 2.05) is 24.4 Å². The Kier molecular flexibility index (Phi) is 4.01. The van der Waals surface area contributed by atoms with E-state index in [1.165, 1.54) is 16.2 Å². The van der Waals surface area contributed by atoms with Gasteiger partial charge in [0, 0.05) is 5.38 Å². The van der Waals surface area contributed by atoms with Crippen molar-refractivity contribution >= 4 is 28.2 Å². The van der Waals surface area contributed by atoms with Crippen LogP contribution in [-0.2, 0) is 6.42 Å². The Balaban J connectivity index is 2.48. The van der Waals surface area contributed by atoms with E-state index in [0.29, 0.717) is 16.6 Å². The van der Waals surface area contributed by atoms with E-state index in [-0.39, 0.29) is 0 Å². The van der Waals surface area contributed by atoms with Crippen LogP contribution in [0.25, 0.3) is 0 Å². The van der Waals surface area contributed by atoms with Gasteiger partial charge in [-0.1, -0.05) is 19.1 Å². The molecule has 1 aromatic carbocycles.